The van der Waals surface area contributed by atoms with Crippen LogP contribution in [0.3, 0.4) is 0 Å². The van der Waals surface area contributed by atoms with Crippen LogP contribution in [0.15, 0.2) is 17.1 Å². The highest BCUT2D eigenvalue weighted by Crippen LogP contribution is 1.91. The fourth-order valence-corrected chi connectivity index (χ4v) is 1.02. The minimum absolute atomic E-state index is 0.273. The second-order valence-corrected chi connectivity index (χ2v) is 2.37. The zero-order valence-electron chi connectivity index (χ0n) is 5.89. The lowest BCUT2D eigenvalue weighted by Crippen LogP contribution is -2.20. The first-order chi connectivity index (χ1) is 5.81. The van der Waals surface area contributed by atoms with E-state index in [1.54, 1.807) is 12.3 Å². The monoisotopic (exact) mass is 180 g/mol. The molecule has 0 bridgehead atoms. The molecule has 60 valence electrons. The third kappa shape index (κ3) is 0.928. The zero-order chi connectivity index (χ0) is 8.55. The van der Waals surface area contributed by atoms with Gasteiger partial charge < -0.3 is 0 Å². The molecule has 0 saturated carbocycles. The van der Waals surface area contributed by atoms with Crippen LogP contribution in [-0.2, 0) is 0 Å². The molecule has 1 N–H and O–H groups in total. The number of H-pyrrole nitrogens is 1. The van der Waals surface area contributed by atoms with Crippen molar-refractivity contribution in [1.29, 1.82) is 0 Å². The zero-order valence-corrected chi connectivity index (χ0v) is 6.71. The lowest BCUT2D eigenvalue weighted by Gasteiger charge is -1.91. The van der Waals surface area contributed by atoms with E-state index in [0.29, 0.717) is 5.65 Å². The van der Waals surface area contributed by atoms with Crippen LogP contribution in [0.5, 0.6) is 0 Å². The number of rotatable bonds is 1. The van der Waals surface area contributed by atoms with Crippen molar-refractivity contribution in [2.24, 2.45) is 0 Å². The molecule has 0 fully saturated rings. The minimum Gasteiger partial charge on any atom is -0.296 e. The van der Waals surface area contributed by atoms with Gasteiger partial charge in [0.25, 0.3) is 0 Å². The van der Waals surface area contributed by atoms with E-state index in [2.05, 4.69) is 27.3 Å². The topological polar surface area (TPSA) is 63.0 Å². The number of nitrogens with zero attached hydrogens (tertiary/aromatic N) is 3. The van der Waals surface area contributed by atoms with Gasteiger partial charge in [0.05, 0.1) is 0 Å². The van der Waals surface area contributed by atoms with E-state index in [1.165, 1.54) is 9.88 Å². The molecule has 0 aliphatic carbocycles. The largest absolute Gasteiger partial charge is 0.370 e. The number of hydrogen-bond acceptors (Lipinski definition) is 4. The lowest BCUT2D eigenvalue weighted by atomic mass is 10.6. The molecule has 0 radical (unpaired) electrons. The summed E-state index contributed by atoms with van der Waals surface area (Å²) in [5, 5.41) is 3.94. The molecule has 2 aromatic heterocycles. The Hall–Kier alpha value is -1.56. The molecule has 0 atom stereocenters. The second-order valence-electron chi connectivity index (χ2n) is 2.14. The number of aromatic amines is 1. The fraction of sp³-hybridized carbons (Fsp3) is 0. The smallest absolute Gasteiger partial charge is 0.296 e. The van der Waals surface area contributed by atoms with E-state index in [-0.39, 0.29) is 5.82 Å². The lowest BCUT2D eigenvalue weighted by molar-refractivity contribution is 0.837. The molecule has 0 aromatic carbocycles. The third-order valence-corrected chi connectivity index (χ3v) is 1.61. The van der Waals surface area contributed by atoms with E-state index in [0.717, 1.165) is 0 Å². The first-order valence-electron chi connectivity index (χ1n) is 3.20. The van der Waals surface area contributed by atoms with Gasteiger partial charge in [-0.3, -0.25) is 5.10 Å². The van der Waals surface area contributed by atoms with Crippen LogP contribution in [0.1, 0.15) is 5.82 Å². The van der Waals surface area contributed by atoms with Crippen molar-refractivity contribution >= 4 is 23.2 Å². The Morgan fingerprint density at radius 2 is 2.42 bits per heavy atom. The van der Waals surface area contributed by atoms with Gasteiger partial charge in [-0.2, -0.15) is 9.50 Å². The summed E-state index contributed by atoms with van der Waals surface area (Å²) in [4.78, 5) is 18.7. The van der Waals surface area contributed by atoms with Gasteiger partial charge in [0, 0.05) is 17.6 Å². The summed E-state index contributed by atoms with van der Waals surface area (Å²) in [7, 11) is 0. The summed E-state index contributed by atoms with van der Waals surface area (Å²) < 4.78 is 1.24. The maximum Gasteiger partial charge on any atom is 0.370 e. The molecule has 0 unspecified atom stereocenters. The Morgan fingerprint density at radius 1 is 1.58 bits per heavy atom. The van der Waals surface area contributed by atoms with Crippen LogP contribution in [0.25, 0.3) is 5.65 Å². The van der Waals surface area contributed by atoms with Crippen molar-refractivity contribution in [1.82, 2.24) is 19.6 Å². The predicted octanol–water partition coefficient (Wildman–Crippen LogP) is -0.235. The Morgan fingerprint density at radius 3 is 3.17 bits per heavy atom. The van der Waals surface area contributed by atoms with Gasteiger partial charge in [-0.05, 0) is 0 Å². The van der Waals surface area contributed by atoms with Crippen LogP contribution in [0.4, 0.5) is 0 Å². The van der Waals surface area contributed by atoms with Gasteiger partial charge in [-0.1, -0.05) is 12.2 Å². The van der Waals surface area contributed by atoms with Crippen LogP contribution >= 0.6 is 12.2 Å². The van der Waals surface area contributed by atoms with E-state index in [4.69, 9.17) is 0 Å². The molecule has 2 heterocycles. The summed E-state index contributed by atoms with van der Waals surface area (Å²) in [5.41, 5.74) is 0.118. The summed E-state index contributed by atoms with van der Waals surface area (Å²) in [6, 6.07) is 1.67. The van der Waals surface area contributed by atoms with E-state index >= 15 is 0 Å². The second kappa shape index (κ2) is 2.49. The standard InChI is InChI=1S/C6H4N4OS/c11-6-9-4(3-12)8-5-1-2-7-10(5)6/h1-3,7H. The van der Waals surface area contributed by atoms with Gasteiger partial charge in [-0.25, -0.2) is 9.78 Å². The van der Waals surface area contributed by atoms with E-state index in [1.807, 2.05) is 0 Å². The maximum absolute atomic E-state index is 11.1. The van der Waals surface area contributed by atoms with Gasteiger partial charge in [0.1, 0.15) is 0 Å². The Bertz CT molecular complexity index is 485. The van der Waals surface area contributed by atoms with Gasteiger partial charge in [-0.15, -0.1) is 0 Å². The molecule has 2 rings (SSSR count). The van der Waals surface area contributed by atoms with Crippen LogP contribution in [0.2, 0.25) is 0 Å². The Balaban J connectivity index is 2.93. The minimum atomic E-state index is -0.402. The third-order valence-electron chi connectivity index (χ3n) is 1.40. The molecule has 5 nitrogen and oxygen atoms in total. The molecular formula is C6H4N4OS. The number of thiocarbonyl (C=S) groups is 1. The summed E-state index contributed by atoms with van der Waals surface area (Å²) in [5.74, 6) is 0.273. The molecule has 2 aromatic rings. The SMILES string of the molecule is O=c1nc(C=S)nc2cc[nH]n12. The molecular weight excluding hydrogens is 176 g/mol. The van der Waals surface area contributed by atoms with Crippen LogP contribution < -0.4 is 5.69 Å². The van der Waals surface area contributed by atoms with Crippen molar-refractivity contribution in [2.75, 3.05) is 0 Å². The highest BCUT2D eigenvalue weighted by molar-refractivity contribution is 7.79. The van der Waals surface area contributed by atoms with Crippen molar-refractivity contribution in [3.63, 3.8) is 0 Å². The normalized spacial score (nSPS) is 10.3. The Labute approximate surface area is 72.1 Å². The summed E-state index contributed by atoms with van der Waals surface area (Å²) in [6.45, 7) is 0. The highest BCUT2D eigenvalue weighted by Gasteiger charge is 2.00. The van der Waals surface area contributed by atoms with Gasteiger partial charge in [0.2, 0.25) is 0 Å². The molecule has 0 aliphatic heterocycles. The molecule has 0 saturated heterocycles. The predicted molar refractivity (Wildman–Crippen MR) is 46.4 cm³/mol. The molecule has 0 spiro atoms. The van der Waals surface area contributed by atoms with Gasteiger partial charge >= 0.3 is 5.69 Å². The number of fused-ring (bicyclic) bond motifs is 1. The van der Waals surface area contributed by atoms with E-state index in [9.17, 15) is 4.79 Å². The van der Waals surface area contributed by atoms with Crippen molar-refractivity contribution in [2.45, 2.75) is 0 Å². The summed E-state index contributed by atoms with van der Waals surface area (Å²) >= 11 is 4.61. The molecule has 0 amide bonds. The number of hydrogen-bond donors (Lipinski definition) is 1. The number of aromatic nitrogens is 4. The molecule has 12 heavy (non-hydrogen) atoms. The van der Waals surface area contributed by atoms with Crippen LogP contribution in [0, 0.1) is 0 Å². The highest BCUT2D eigenvalue weighted by atomic mass is 32.1. The average Bonchev–Trinajstić information content (AvgIpc) is 2.52. The Kier molecular flexibility index (Phi) is 1.47. The van der Waals surface area contributed by atoms with Crippen molar-refractivity contribution < 1.29 is 0 Å². The number of nitrogens with one attached hydrogen (secondary N) is 1. The average molecular weight is 180 g/mol. The summed E-state index contributed by atoms with van der Waals surface area (Å²) in [6.07, 6.45) is 1.61. The van der Waals surface area contributed by atoms with Gasteiger partial charge in [0.15, 0.2) is 11.5 Å². The quantitative estimate of drug-likeness (QED) is 0.615. The van der Waals surface area contributed by atoms with Crippen LogP contribution in [-0.4, -0.2) is 24.9 Å². The first-order valence-corrected chi connectivity index (χ1v) is 3.68. The fourth-order valence-electron chi connectivity index (χ4n) is 0.911. The van der Waals surface area contributed by atoms with E-state index < -0.39 is 5.69 Å². The molecule has 0 aliphatic rings. The van der Waals surface area contributed by atoms with Crippen molar-refractivity contribution in [3.05, 3.63) is 28.6 Å². The first kappa shape index (κ1) is 7.11. The van der Waals surface area contributed by atoms with Crippen molar-refractivity contribution in [3.8, 4) is 0 Å². The molecule has 6 heteroatoms. The maximum atomic E-state index is 11.1.